The van der Waals surface area contributed by atoms with Crippen molar-refractivity contribution < 1.29 is 32.2 Å². The van der Waals surface area contributed by atoms with E-state index in [4.69, 9.17) is 34.7 Å². The average molecular weight is 628 g/mol. The van der Waals surface area contributed by atoms with Gasteiger partial charge in [0, 0.05) is 50.3 Å². The summed E-state index contributed by atoms with van der Waals surface area (Å²) in [6.45, 7) is 6.82. The molecule has 2 heterocycles. The third-order valence-electron chi connectivity index (χ3n) is 7.70. The van der Waals surface area contributed by atoms with Gasteiger partial charge in [0.25, 0.3) is 0 Å². The molecule has 0 unspecified atom stereocenters. The second-order valence-corrected chi connectivity index (χ2v) is 12.1. The molecule has 1 aromatic rings. The quantitative estimate of drug-likeness (QED) is 0.293. The second kappa shape index (κ2) is 17.8. The topological polar surface area (TPSA) is 114 Å². The Hall–Kier alpha value is -0.971. The van der Waals surface area contributed by atoms with Gasteiger partial charge in [0.15, 0.2) is 0 Å². The van der Waals surface area contributed by atoms with Gasteiger partial charge in [-0.1, -0.05) is 25.7 Å². The minimum atomic E-state index is -0.459. The summed E-state index contributed by atoms with van der Waals surface area (Å²) in [5.74, 6) is -0.917. The molecule has 4 atom stereocenters. The molecule has 0 aromatic carbocycles. The Morgan fingerprint density at radius 2 is 1.13 bits per heavy atom. The Morgan fingerprint density at radius 3 is 1.49 bits per heavy atom. The van der Waals surface area contributed by atoms with Gasteiger partial charge in [0.2, 0.25) is 0 Å². The van der Waals surface area contributed by atoms with Crippen molar-refractivity contribution in [2.24, 2.45) is 0 Å². The number of hydrogen-bond donors (Lipinski definition) is 4. The van der Waals surface area contributed by atoms with Crippen molar-refractivity contribution in [1.29, 1.82) is 0 Å². The van der Waals surface area contributed by atoms with Crippen molar-refractivity contribution in [1.82, 2.24) is 26.3 Å². The van der Waals surface area contributed by atoms with Gasteiger partial charge in [-0.25, -0.2) is 9.59 Å². The average Bonchev–Trinajstić information content (AvgIpc) is 2.94. The maximum absolute atomic E-state index is 12.9. The van der Waals surface area contributed by atoms with Crippen LogP contribution in [-0.2, 0) is 35.7 Å². The number of nitrogens with one attached hydrogen (secondary N) is 4. The Labute approximate surface area is 247 Å². The van der Waals surface area contributed by atoms with Gasteiger partial charge in [0.05, 0.1) is 35.7 Å². The first-order chi connectivity index (χ1) is 19.0. The Bertz CT molecular complexity index is 861. The van der Waals surface area contributed by atoms with E-state index in [0.29, 0.717) is 59.8 Å². The van der Waals surface area contributed by atoms with Crippen LogP contribution in [0.3, 0.4) is 0 Å². The molecular weight excluding hydrogens is 584 g/mol. The number of aromatic nitrogens is 1. The van der Waals surface area contributed by atoms with E-state index in [1.165, 1.54) is 25.7 Å². The van der Waals surface area contributed by atoms with Gasteiger partial charge in [0.1, 0.15) is 0 Å². The number of esters is 2. The van der Waals surface area contributed by atoms with Crippen LogP contribution in [0.2, 0.25) is 0 Å². The second-order valence-electron chi connectivity index (χ2n) is 10.1. The van der Waals surface area contributed by atoms with Crippen molar-refractivity contribution in [3.05, 3.63) is 28.6 Å². The van der Waals surface area contributed by atoms with Crippen LogP contribution in [0.1, 0.15) is 97.3 Å². The van der Waals surface area contributed by atoms with Crippen LogP contribution < -0.4 is 21.3 Å². The van der Waals surface area contributed by atoms with Crippen molar-refractivity contribution >= 4 is 32.1 Å². The van der Waals surface area contributed by atoms with Gasteiger partial charge >= 0.3 is 45.3 Å². The molecule has 12 heteroatoms. The molecule has 39 heavy (non-hydrogen) atoms. The number of nitrogens with zero attached hydrogens (tertiary/aromatic N) is 1. The molecule has 2 fully saturated rings. The molecule has 4 rings (SSSR count). The van der Waals surface area contributed by atoms with E-state index in [9.17, 15) is 9.59 Å². The van der Waals surface area contributed by atoms with Crippen molar-refractivity contribution in [2.45, 2.75) is 102 Å². The van der Waals surface area contributed by atoms with Crippen molar-refractivity contribution in [2.75, 3.05) is 26.3 Å². The van der Waals surface area contributed by atoms with E-state index in [-0.39, 0.29) is 26.3 Å². The third kappa shape index (κ3) is 9.82. The van der Waals surface area contributed by atoms with Crippen LogP contribution in [0.5, 0.6) is 0 Å². The zero-order valence-electron chi connectivity index (χ0n) is 23.0. The summed E-state index contributed by atoms with van der Waals surface area (Å²) in [6.07, 6.45) is 9.26. The first-order valence-electron chi connectivity index (χ1n) is 14.2. The van der Waals surface area contributed by atoms with E-state index >= 15 is 0 Å². The molecule has 2 aliphatic carbocycles. The molecule has 9 nitrogen and oxygen atoms in total. The summed E-state index contributed by atoms with van der Waals surface area (Å²) in [7, 11) is 9.59. The molecule has 2 bridgehead atoms. The minimum absolute atomic E-state index is 0.00694. The first-order valence-corrected chi connectivity index (χ1v) is 17.4. The van der Waals surface area contributed by atoms with Gasteiger partial charge in [-0.2, -0.15) is 0 Å². The number of rotatable bonds is 4. The molecule has 2 saturated carbocycles. The number of carbonyl (C=O) groups is 2. The predicted octanol–water partition coefficient (Wildman–Crippen LogP) is 3.81. The fourth-order valence-corrected chi connectivity index (χ4v) is 5.84. The zero-order valence-corrected chi connectivity index (χ0v) is 25.7. The fraction of sp³-hybridized carbons (Fsp3) is 0.741. The number of ether oxygens (including phenoxy) is 2. The number of hydrogen-bond acceptors (Lipinski definition) is 9. The van der Waals surface area contributed by atoms with E-state index in [1.807, 2.05) is 0 Å². The molecule has 0 radical (unpaired) electrons. The molecule has 0 spiro atoms. The molecular formula is C27H43Cl2MnN5O4. The summed E-state index contributed by atoms with van der Waals surface area (Å²) < 4.78 is 10.7. The monoisotopic (exact) mass is 626 g/mol. The number of fused-ring (bicyclic) bond motifs is 4. The maximum atomic E-state index is 12.9. The Kier molecular flexibility index (Phi) is 14.8. The van der Waals surface area contributed by atoms with Gasteiger partial charge in [-0.05, 0) is 45.6 Å². The Balaban J connectivity index is 0.00000134. The fourth-order valence-electron chi connectivity index (χ4n) is 5.84. The SMILES string of the molecule is CCOC(=O)c1cc(C(=O)OCC)c2nc1CN[C@@H]1CCCC[C@H]1NCCN[C@@H]1CCCC[C@H]1NC2.[Cl][Mn][Cl]. The molecule has 4 N–H and O–H groups in total. The van der Waals surface area contributed by atoms with Crippen LogP contribution in [0, 0.1) is 0 Å². The summed E-state index contributed by atoms with van der Waals surface area (Å²) in [4.78, 5) is 30.7. The van der Waals surface area contributed by atoms with Crippen molar-refractivity contribution in [3.63, 3.8) is 0 Å². The number of halogens is 2. The van der Waals surface area contributed by atoms with Gasteiger partial charge in [-0.3, -0.25) is 4.98 Å². The molecule has 221 valence electrons. The normalized spacial score (nSPS) is 25.8. The summed E-state index contributed by atoms with van der Waals surface area (Å²) in [6, 6.07) is 3.00. The van der Waals surface area contributed by atoms with Crippen LogP contribution in [0.25, 0.3) is 0 Å². The van der Waals surface area contributed by atoms with E-state index in [1.54, 1.807) is 19.9 Å². The molecule has 1 aromatic heterocycles. The Morgan fingerprint density at radius 1 is 0.769 bits per heavy atom. The van der Waals surface area contributed by atoms with Crippen LogP contribution >= 0.6 is 20.2 Å². The van der Waals surface area contributed by atoms with Gasteiger partial charge < -0.3 is 30.7 Å². The molecule has 0 amide bonds. The van der Waals surface area contributed by atoms with Crippen LogP contribution in [0.4, 0.5) is 0 Å². The summed E-state index contributed by atoms with van der Waals surface area (Å²) >= 11 is 0.00694. The number of pyridine rings is 1. The molecule has 1 aliphatic heterocycles. The van der Waals surface area contributed by atoms with E-state index in [2.05, 4.69) is 21.3 Å². The molecule has 0 saturated heterocycles. The van der Waals surface area contributed by atoms with Crippen LogP contribution in [0.15, 0.2) is 6.07 Å². The van der Waals surface area contributed by atoms with Crippen LogP contribution in [-0.4, -0.2) is 67.4 Å². The summed E-state index contributed by atoms with van der Waals surface area (Å²) in [5.41, 5.74) is 1.91. The predicted molar refractivity (Wildman–Crippen MR) is 150 cm³/mol. The zero-order chi connectivity index (χ0) is 28.0. The first kappa shape index (κ1) is 32.5. The third-order valence-corrected chi connectivity index (χ3v) is 7.70. The van der Waals surface area contributed by atoms with Crippen molar-refractivity contribution in [3.8, 4) is 0 Å². The summed E-state index contributed by atoms with van der Waals surface area (Å²) in [5, 5.41) is 14.9. The van der Waals surface area contributed by atoms with E-state index < -0.39 is 11.9 Å². The molecule has 3 aliphatic rings. The van der Waals surface area contributed by atoms with Gasteiger partial charge in [-0.15, -0.1) is 0 Å². The standard InChI is InChI=1S/C27H43N5O4.2ClH.Mn/c1-3-35-26(33)18-15-19(27(34)36-4-2)25-17-31-23-12-8-6-10-21(23)29-14-13-28-20-9-5-7-11-22(20)30-16-24(18)32-25;;;/h15,20-23,28-31H,3-14,16-17H2,1-2H3;2*1H;/q;;;+2/p-2/t20-,21-,22-,23-;;;/m1.../s1. The number of carbonyl (C=O) groups excluding carboxylic acids is 2. The van der Waals surface area contributed by atoms with E-state index in [0.717, 1.165) is 38.8 Å².